The van der Waals surface area contributed by atoms with Gasteiger partial charge in [-0.1, -0.05) is 25.3 Å². The van der Waals surface area contributed by atoms with Crippen molar-refractivity contribution in [2.24, 2.45) is 11.7 Å². The van der Waals surface area contributed by atoms with Crippen molar-refractivity contribution in [2.75, 3.05) is 13.1 Å². The van der Waals surface area contributed by atoms with Gasteiger partial charge in [0.2, 0.25) is 11.8 Å². The normalized spacial score (nSPS) is 23.8. The Bertz CT molecular complexity index is 564. The molecule has 2 N–H and O–H groups in total. The number of likely N-dealkylation sites (tertiary alicyclic amines) is 1. The first kappa shape index (κ1) is 17.5. The number of thiophene rings is 1. The molecule has 2 fully saturated rings. The number of primary amides is 1. The van der Waals surface area contributed by atoms with Crippen molar-refractivity contribution in [3.63, 3.8) is 0 Å². The van der Waals surface area contributed by atoms with Gasteiger partial charge in [-0.15, -0.1) is 11.3 Å². The van der Waals surface area contributed by atoms with E-state index in [1.54, 1.807) is 11.3 Å². The van der Waals surface area contributed by atoms with Crippen molar-refractivity contribution in [2.45, 2.75) is 63.2 Å². The molecular weight excluding hydrogens is 320 g/mol. The molecule has 0 aromatic carbocycles. The lowest BCUT2D eigenvalue weighted by molar-refractivity contribution is -0.140. The van der Waals surface area contributed by atoms with E-state index in [9.17, 15) is 9.59 Å². The molecule has 0 radical (unpaired) electrons. The number of hydrogen-bond acceptors (Lipinski definition) is 3. The van der Waals surface area contributed by atoms with Gasteiger partial charge in [-0.05, 0) is 49.5 Å². The first-order valence-corrected chi connectivity index (χ1v) is 10.1. The second kappa shape index (κ2) is 7.68. The van der Waals surface area contributed by atoms with Gasteiger partial charge in [0, 0.05) is 24.4 Å². The van der Waals surface area contributed by atoms with Gasteiger partial charge in [0.05, 0.1) is 5.41 Å². The van der Waals surface area contributed by atoms with Crippen molar-refractivity contribution >= 4 is 23.2 Å². The summed E-state index contributed by atoms with van der Waals surface area (Å²) >= 11 is 1.73. The van der Waals surface area contributed by atoms with E-state index in [0.717, 1.165) is 58.0 Å². The minimum absolute atomic E-state index is 0.235. The fourth-order valence-electron chi connectivity index (χ4n) is 4.41. The predicted molar refractivity (Wildman–Crippen MR) is 96.8 cm³/mol. The largest absolute Gasteiger partial charge is 0.370 e. The van der Waals surface area contributed by atoms with Gasteiger partial charge in [0.1, 0.15) is 0 Å². The van der Waals surface area contributed by atoms with E-state index >= 15 is 0 Å². The Balaban J connectivity index is 1.74. The molecule has 2 heterocycles. The minimum atomic E-state index is -0.294. The van der Waals surface area contributed by atoms with Crippen LogP contribution in [-0.4, -0.2) is 29.8 Å². The molecule has 1 saturated heterocycles. The van der Waals surface area contributed by atoms with Gasteiger partial charge in [-0.25, -0.2) is 0 Å². The number of carbonyl (C=O) groups excluding carboxylic acids is 2. The van der Waals surface area contributed by atoms with E-state index in [-0.39, 0.29) is 11.3 Å². The topological polar surface area (TPSA) is 63.4 Å². The van der Waals surface area contributed by atoms with Gasteiger partial charge < -0.3 is 10.6 Å². The summed E-state index contributed by atoms with van der Waals surface area (Å²) in [7, 11) is 0. The highest BCUT2D eigenvalue weighted by Gasteiger charge is 2.44. The van der Waals surface area contributed by atoms with Crippen LogP contribution in [0.5, 0.6) is 0 Å². The number of hydrogen-bond donors (Lipinski definition) is 1. The molecule has 5 heteroatoms. The monoisotopic (exact) mass is 348 g/mol. The average Bonchev–Trinajstić information content (AvgIpc) is 3.15. The Morgan fingerprint density at radius 3 is 2.71 bits per heavy atom. The van der Waals surface area contributed by atoms with Crippen LogP contribution in [0.2, 0.25) is 0 Å². The summed E-state index contributed by atoms with van der Waals surface area (Å²) in [6, 6.07) is 4.21. The second-order valence-electron chi connectivity index (χ2n) is 7.38. The number of rotatable bonds is 5. The highest BCUT2D eigenvalue weighted by Crippen LogP contribution is 2.43. The van der Waals surface area contributed by atoms with Crippen molar-refractivity contribution in [1.29, 1.82) is 0 Å². The third-order valence-electron chi connectivity index (χ3n) is 5.71. The first-order chi connectivity index (χ1) is 11.6. The predicted octanol–water partition coefficient (Wildman–Crippen LogP) is 3.45. The van der Waals surface area contributed by atoms with Crippen LogP contribution in [0.15, 0.2) is 17.5 Å². The molecule has 1 atom stereocenters. The summed E-state index contributed by atoms with van der Waals surface area (Å²) < 4.78 is 0. The van der Waals surface area contributed by atoms with E-state index in [2.05, 4.69) is 22.4 Å². The van der Waals surface area contributed by atoms with Gasteiger partial charge >= 0.3 is 0 Å². The van der Waals surface area contributed by atoms with Crippen LogP contribution in [0.1, 0.15) is 62.7 Å². The number of amides is 2. The zero-order valence-electron chi connectivity index (χ0n) is 14.3. The molecule has 132 valence electrons. The maximum Gasteiger partial charge on any atom is 0.234 e. The van der Waals surface area contributed by atoms with Crippen LogP contribution in [0, 0.1) is 5.92 Å². The summed E-state index contributed by atoms with van der Waals surface area (Å²) in [6.45, 7) is 1.65. The number of piperidine rings is 1. The van der Waals surface area contributed by atoms with E-state index < -0.39 is 0 Å². The molecule has 1 aliphatic heterocycles. The Morgan fingerprint density at radius 1 is 1.25 bits per heavy atom. The molecule has 0 spiro atoms. The molecule has 2 amide bonds. The summed E-state index contributed by atoms with van der Waals surface area (Å²) in [5.74, 6) is 0.508. The number of nitrogens with two attached hydrogens (primary N) is 1. The highest BCUT2D eigenvalue weighted by molar-refractivity contribution is 7.10. The summed E-state index contributed by atoms with van der Waals surface area (Å²) in [6.07, 6.45) is 8.86. The smallest absolute Gasteiger partial charge is 0.234 e. The molecule has 2 aliphatic rings. The first-order valence-electron chi connectivity index (χ1n) is 9.23. The van der Waals surface area contributed by atoms with Gasteiger partial charge in [0.15, 0.2) is 0 Å². The molecule has 24 heavy (non-hydrogen) atoms. The fourth-order valence-corrected chi connectivity index (χ4v) is 5.38. The molecule has 0 bridgehead atoms. The van der Waals surface area contributed by atoms with E-state index in [0.29, 0.717) is 18.2 Å². The van der Waals surface area contributed by atoms with Gasteiger partial charge in [0.25, 0.3) is 0 Å². The van der Waals surface area contributed by atoms with Crippen molar-refractivity contribution in [3.8, 4) is 0 Å². The minimum Gasteiger partial charge on any atom is -0.370 e. The molecule has 1 aromatic heterocycles. The fraction of sp³-hybridized carbons (Fsp3) is 0.684. The number of nitrogens with zero attached hydrogens (tertiary/aromatic N) is 1. The van der Waals surface area contributed by atoms with Crippen molar-refractivity contribution < 1.29 is 9.59 Å². The lowest BCUT2D eigenvalue weighted by Gasteiger charge is -2.42. The Labute approximate surface area is 148 Å². The maximum absolute atomic E-state index is 13.5. The lowest BCUT2D eigenvalue weighted by atomic mass is 9.71. The van der Waals surface area contributed by atoms with Crippen LogP contribution in [0.4, 0.5) is 0 Å². The SMILES string of the molecule is NC(=O)CC[C@H]1CCCN(C(=O)C2(c3cccs3)CCCCC2)C1. The van der Waals surface area contributed by atoms with Crippen LogP contribution in [-0.2, 0) is 15.0 Å². The molecular formula is C19H28N2O2S. The molecule has 4 nitrogen and oxygen atoms in total. The average molecular weight is 349 g/mol. The number of carbonyl (C=O) groups is 2. The summed E-state index contributed by atoms with van der Waals surface area (Å²) in [5, 5.41) is 2.09. The summed E-state index contributed by atoms with van der Waals surface area (Å²) in [5.41, 5.74) is 4.99. The second-order valence-corrected chi connectivity index (χ2v) is 8.33. The maximum atomic E-state index is 13.5. The molecule has 3 rings (SSSR count). The Hall–Kier alpha value is -1.36. The van der Waals surface area contributed by atoms with Gasteiger partial charge in [-0.2, -0.15) is 0 Å². The summed E-state index contributed by atoms with van der Waals surface area (Å²) in [4.78, 5) is 27.9. The third-order valence-corrected chi connectivity index (χ3v) is 6.79. The van der Waals surface area contributed by atoms with E-state index in [1.165, 1.54) is 11.3 Å². The molecule has 1 saturated carbocycles. The van der Waals surface area contributed by atoms with Gasteiger partial charge in [-0.3, -0.25) is 9.59 Å². The zero-order valence-corrected chi connectivity index (χ0v) is 15.2. The molecule has 1 aliphatic carbocycles. The quantitative estimate of drug-likeness (QED) is 0.886. The van der Waals surface area contributed by atoms with Crippen molar-refractivity contribution in [3.05, 3.63) is 22.4 Å². The lowest BCUT2D eigenvalue weighted by Crippen LogP contribution is -2.51. The van der Waals surface area contributed by atoms with Crippen molar-refractivity contribution in [1.82, 2.24) is 4.90 Å². The Morgan fingerprint density at radius 2 is 2.04 bits per heavy atom. The van der Waals surface area contributed by atoms with E-state index in [4.69, 9.17) is 5.73 Å². The zero-order chi connectivity index (χ0) is 17.0. The van der Waals surface area contributed by atoms with Crippen LogP contribution in [0.25, 0.3) is 0 Å². The van der Waals surface area contributed by atoms with Crippen LogP contribution in [0.3, 0.4) is 0 Å². The molecule has 0 unspecified atom stereocenters. The standard InChI is InChI=1S/C19H28N2O2S/c20-17(22)9-8-15-6-4-12-21(14-15)18(23)19(10-2-1-3-11-19)16-7-5-13-24-16/h5,7,13,15H,1-4,6,8-12,14H2,(H2,20,22)/t15-/m1/s1. The van der Waals surface area contributed by atoms with E-state index in [1.807, 2.05) is 0 Å². The highest BCUT2D eigenvalue weighted by atomic mass is 32.1. The third kappa shape index (κ3) is 3.66. The van der Waals surface area contributed by atoms with Crippen LogP contribution < -0.4 is 5.73 Å². The van der Waals surface area contributed by atoms with Crippen LogP contribution >= 0.6 is 11.3 Å². The molecule has 1 aromatic rings. The Kier molecular flexibility index (Phi) is 5.59.